The maximum atomic E-state index is 13.1. The minimum Gasteiger partial charge on any atom is -0.494 e. The van der Waals surface area contributed by atoms with Crippen LogP contribution in [0.3, 0.4) is 0 Å². The molecule has 5 nitrogen and oxygen atoms in total. The van der Waals surface area contributed by atoms with Gasteiger partial charge in [0.1, 0.15) is 11.5 Å². The normalized spacial score (nSPS) is 21.1. The van der Waals surface area contributed by atoms with Gasteiger partial charge in [0.2, 0.25) is 0 Å². The van der Waals surface area contributed by atoms with Crippen molar-refractivity contribution >= 4 is 5.78 Å². The van der Waals surface area contributed by atoms with Gasteiger partial charge in [0.25, 0.3) is 0 Å². The van der Waals surface area contributed by atoms with Gasteiger partial charge in [-0.3, -0.25) is 4.79 Å². The number of hydrogen-bond acceptors (Lipinski definition) is 5. The molecule has 0 bridgehead atoms. The predicted octanol–water partition coefficient (Wildman–Crippen LogP) is 4.74. The van der Waals surface area contributed by atoms with E-state index < -0.39 is 0 Å². The van der Waals surface area contributed by atoms with Gasteiger partial charge in [-0.15, -0.1) is 0 Å². The van der Waals surface area contributed by atoms with Crippen LogP contribution in [0.25, 0.3) is 0 Å². The number of nitrogens with one attached hydrogen (secondary N) is 2. The summed E-state index contributed by atoms with van der Waals surface area (Å²) in [5, 5.41) is 7.09. The number of carbonyl (C=O) groups is 1. The summed E-state index contributed by atoms with van der Waals surface area (Å²) in [4.78, 5) is 13.1. The first-order chi connectivity index (χ1) is 15.8. The van der Waals surface area contributed by atoms with Crippen molar-refractivity contribution in [2.75, 3.05) is 26.3 Å². The van der Waals surface area contributed by atoms with Crippen molar-refractivity contribution in [2.45, 2.75) is 63.5 Å². The lowest BCUT2D eigenvalue weighted by molar-refractivity contribution is 0.103. The highest BCUT2D eigenvalue weighted by molar-refractivity contribution is 6.09. The smallest absolute Gasteiger partial charge is 0.193 e. The van der Waals surface area contributed by atoms with Crippen molar-refractivity contribution in [1.29, 1.82) is 0 Å². The first kappa shape index (κ1) is 22.8. The van der Waals surface area contributed by atoms with Crippen molar-refractivity contribution in [1.82, 2.24) is 10.6 Å². The van der Waals surface area contributed by atoms with E-state index in [1.807, 2.05) is 48.5 Å². The second kappa shape index (κ2) is 12.0. The molecule has 2 aromatic carbocycles. The van der Waals surface area contributed by atoms with Crippen molar-refractivity contribution in [2.24, 2.45) is 0 Å². The van der Waals surface area contributed by atoms with E-state index in [-0.39, 0.29) is 5.78 Å². The molecule has 2 aliphatic heterocycles. The SMILES string of the molecule is O=C(c1cccc(OCCC2CCCCN2)c1)c1cccc(OCCC2CCCCN2)c1. The fraction of sp³-hybridized carbons (Fsp3) is 0.519. The van der Waals surface area contributed by atoms with Crippen LogP contribution in [0.4, 0.5) is 0 Å². The quantitative estimate of drug-likeness (QED) is 0.527. The molecule has 2 heterocycles. The molecule has 2 atom stereocenters. The van der Waals surface area contributed by atoms with Crippen molar-refractivity contribution < 1.29 is 14.3 Å². The first-order valence-electron chi connectivity index (χ1n) is 12.2. The fourth-order valence-corrected chi connectivity index (χ4v) is 4.60. The molecule has 2 aliphatic rings. The van der Waals surface area contributed by atoms with Crippen LogP contribution in [0, 0.1) is 0 Å². The van der Waals surface area contributed by atoms with Crippen molar-refractivity contribution in [3.05, 3.63) is 59.7 Å². The van der Waals surface area contributed by atoms with Crippen LogP contribution >= 0.6 is 0 Å². The standard InChI is InChI=1S/C27H36N2O3/c30-27(21-7-5-11-25(19-21)31-17-13-23-9-1-3-15-28-23)22-8-6-12-26(20-22)32-18-14-24-10-2-4-16-29-24/h5-8,11-12,19-20,23-24,28-29H,1-4,9-10,13-18H2. The molecule has 5 heteroatoms. The van der Waals surface area contributed by atoms with Gasteiger partial charge in [0, 0.05) is 23.2 Å². The van der Waals surface area contributed by atoms with Crippen LogP contribution < -0.4 is 20.1 Å². The molecule has 2 saturated heterocycles. The Morgan fingerprint density at radius 2 is 1.25 bits per heavy atom. The summed E-state index contributed by atoms with van der Waals surface area (Å²) < 4.78 is 11.9. The molecule has 0 spiro atoms. The Morgan fingerprint density at radius 3 is 1.69 bits per heavy atom. The molecule has 0 aliphatic carbocycles. The number of rotatable bonds is 10. The Hall–Kier alpha value is -2.37. The number of hydrogen-bond donors (Lipinski definition) is 2. The van der Waals surface area contributed by atoms with Gasteiger partial charge in [-0.1, -0.05) is 37.1 Å². The molecule has 0 radical (unpaired) electrons. The fourth-order valence-electron chi connectivity index (χ4n) is 4.60. The van der Waals surface area contributed by atoms with Crippen LogP contribution in [-0.2, 0) is 0 Å². The van der Waals surface area contributed by atoms with E-state index in [0.29, 0.717) is 36.4 Å². The molecule has 2 N–H and O–H groups in total. The van der Waals surface area contributed by atoms with Gasteiger partial charge in [-0.2, -0.15) is 0 Å². The van der Waals surface area contributed by atoms with Crippen LogP contribution in [0.5, 0.6) is 11.5 Å². The Balaban J connectivity index is 1.29. The van der Waals surface area contributed by atoms with Gasteiger partial charge in [0.15, 0.2) is 5.78 Å². The molecule has 0 saturated carbocycles. The van der Waals surface area contributed by atoms with Gasteiger partial charge >= 0.3 is 0 Å². The van der Waals surface area contributed by atoms with E-state index in [4.69, 9.17) is 9.47 Å². The largest absolute Gasteiger partial charge is 0.494 e. The molecule has 2 unspecified atom stereocenters. The average molecular weight is 437 g/mol. The number of piperidine rings is 2. The predicted molar refractivity (Wildman–Crippen MR) is 128 cm³/mol. The average Bonchev–Trinajstić information content (AvgIpc) is 2.85. The zero-order valence-corrected chi connectivity index (χ0v) is 19.0. The van der Waals surface area contributed by atoms with E-state index in [2.05, 4.69) is 10.6 Å². The van der Waals surface area contributed by atoms with Crippen molar-refractivity contribution in [3.8, 4) is 11.5 Å². The Labute approximate surface area is 191 Å². The van der Waals surface area contributed by atoms with Crippen LogP contribution in [0.15, 0.2) is 48.5 Å². The topological polar surface area (TPSA) is 59.6 Å². The highest BCUT2D eigenvalue weighted by atomic mass is 16.5. The highest BCUT2D eigenvalue weighted by Crippen LogP contribution is 2.21. The summed E-state index contributed by atoms with van der Waals surface area (Å²) in [5.41, 5.74) is 1.28. The number of ether oxygens (including phenoxy) is 2. The monoisotopic (exact) mass is 436 g/mol. The summed E-state index contributed by atoms with van der Waals surface area (Å²) in [6.45, 7) is 3.53. The number of benzene rings is 2. The maximum absolute atomic E-state index is 13.1. The van der Waals surface area contributed by atoms with Gasteiger partial charge < -0.3 is 20.1 Å². The van der Waals surface area contributed by atoms with E-state index in [9.17, 15) is 4.79 Å². The molecule has 4 rings (SSSR count). The summed E-state index contributed by atoms with van der Waals surface area (Å²) >= 11 is 0. The Bertz CT molecular complexity index is 788. The van der Waals surface area contributed by atoms with E-state index in [1.54, 1.807) is 0 Å². The van der Waals surface area contributed by atoms with Gasteiger partial charge in [0.05, 0.1) is 13.2 Å². The lowest BCUT2D eigenvalue weighted by Gasteiger charge is -2.23. The Kier molecular flexibility index (Phi) is 8.57. The maximum Gasteiger partial charge on any atom is 0.193 e. The Morgan fingerprint density at radius 1 is 0.750 bits per heavy atom. The molecule has 2 aromatic rings. The molecule has 2 fully saturated rings. The molecule has 0 aromatic heterocycles. The van der Waals surface area contributed by atoms with Crippen LogP contribution in [0.1, 0.15) is 67.3 Å². The second-order valence-electron chi connectivity index (χ2n) is 8.95. The van der Waals surface area contributed by atoms with Crippen LogP contribution in [-0.4, -0.2) is 44.2 Å². The molecule has 0 amide bonds. The van der Waals surface area contributed by atoms with Crippen LogP contribution in [0.2, 0.25) is 0 Å². The molecular weight excluding hydrogens is 400 g/mol. The summed E-state index contributed by atoms with van der Waals surface area (Å²) in [6.07, 6.45) is 9.55. The highest BCUT2D eigenvalue weighted by Gasteiger charge is 2.15. The summed E-state index contributed by atoms with van der Waals surface area (Å²) in [7, 11) is 0. The van der Waals surface area contributed by atoms with Gasteiger partial charge in [-0.05, 0) is 75.9 Å². The minimum absolute atomic E-state index is 0.0104. The summed E-state index contributed by atoms with van der Waals surface area (Å²) in [6, 6.07) is 16.1. The minimum atomic E-state index is -0.0104. The van der Waals surface area contributed by atoms with Crippen molar-refractivity contribution in [3.63, 3.8) is 0 Å². The third-order valence-corrected chi connectivity index (χ3v) is 6.49. The number of ketones is 1. The number of carbonyl (C=O) groups excluding carboxylic acids is 1. The third-order valence-electron chi connectivity index (χ3n) is 6.49. The second-order valence-corrected chi connectivity index (χ2v) is 8.95. The third kappa shape index (κ3) is 6.81. The van der Waals surface area contributed by atoms with Gasteiger partial charge in [-0.25, -0.2) is 0 Å². The molecular formula is C27H36N2O3. The van der Waals surface area contributed by atoms with E-state index >= 15 is 0 Å². The lowest BCUT2D eigenvalue weighted by Crippen LogP contribution is -2.35. The van der Waals surface area contributed by atoms with E-state index in [0.717, 1.165) is 37.4 Å². The zero-order valence-electron chi connectivity index (χ0n) is 19.0. The van der Waals surface area contributed by atoms with E-state index in [1.165, 1.54) is 38.5 Å². The lowest BCUT2D eigenvalue weighted by atomic mass is 10.0. The summed E-state index contributed by atoms with van der Waals surface area (Å²) in [5.74, 6) is 1.49. The first-order valence-corrected chi connectivity index (χ1v) is 12.2. The molecule has 172 valence electrons. The zero-order chi connectivity index (χ0) is 22.0. The molecule has 32 heavy (non-hydrogen) atoms.